The summed E-state index contributed by atoms with van der Waals surface area (Å²) in [5.74, 6) is 0.815. The lowest BCUT2D eigenvalue weighted by atomic mass is 10.2. The van der Waals surface area contributed by atoms with E-state index in [0.29, 0.717) is 18.0 Å². The third kappa shape index (κ3) is 4.79. The number of amides is 1. The topological polar surface area (TPSA) is 73.6 Å². The second kappa shape index (κ2) is 7.63. The molecule has 1 unspecified atom stereocenters. The molecule has 0 saturated heterocycles. The van der Waals surface area contributed by atoms with Crippen molar-refractivity contribution in [2.45, 2.75) is 32.9 Å². The molecule has 0 fully saturated rings. The molecule has 0 bridgehead atoms. The van der Waals surface area contributed by atoms with Gasteiger partial charge in [0.25, 0.3) is 5.91 Å². The number of benzene rings is 1. The fraction of sp³-hybridized carbons (Fsp3) is 0.500. The minimum absolute atomic E-state index is 0.490. The fourth-order valence-electron chi connectivity index (χ4n) is 1.57. The SMILES string of the molecule is CCCNCc1ccc(OC)cc1OC(C)C(N)=O. The van der Waals surface area contributed by atoms with Gasteiger partial charge in [-0.3, -0.25) is 4.79 Å². The molecule has 19 heavy (non-hydrogen) atoms. The number of primary amides is 1. The van der Waals surface area contributed by atoms with Gasteiger partial charge in [-0.15, -0.1) is 0 Å². The fourth-order valence-corrected chi connectivity index (χ4v) is 1.57. The van der Waals surface area contributed by atoms with E-state index >= 15 is 0 Å². The Hall–Kier alpha value is -1.75. The molecule has 0 aromatic heterocycles. The summed E-state index contributed by atoms with van der Waals surface area (Å²) in [5.41, 5.74) is 6.19. The zero-order chi connectivity index (χ0) is 14.3. The van der Waals surface area contributed by atoms with Crippen LogP contribution in [0.5, 0.6) is 11.5 Å². The minimum atomic E-state index is -0.669. The number of methoxy groups -OCH3 is 1. The number of nitrogens with two attached hydrogens (primary N) is 1. The molecule has 0 saturated carbocycles. The van der Waals surface area contributed by atoms with Crippen LogP contribution in [0.25, 0.3) is 0 Å². The Morgan fingerprint density at radius 3 is 2.79 bits per heavy atom. The van der Waals surface area contributed by atoms with Crippen LogP contribution in [0.15, 0.2) is 18.2 Å². The normalized spacial score (nSPS) is 11.9. The van der Waals surface area contributed by atoms with Gasteiger partial charge in [-0.25, -0.2) is 0 Å². The van der Waals surface area contributed by atoms with Crippen molar-refractivity contribution in [1.82, 2.24) is 5.32 Å². The smallest absolute Gasteiger partial charge is 0.258 e. The molecule has 5 nitrogen and oxygen atoms in total. The molecular weight excluding hydrogens is 244 g/mol. The van der Waals surface area contributed by atoms with Gasteiger partial charge in [-0.1, -0.05) is 13.0 Å². The molecule has 1 amide bonds. The standard InChI is InChI=1S/C14H22N2O3/c1-4-7-16-9-11-5-6-12(18-3)8-13(11)19-10(2)14(15)17/h5-6,8,10,16H,4,7,9H2,1-3H3,(H2,15,17). The van der Waals surface area contributed by atoms with Gasteiger partial charge in [0.2, 0.25) is 0 Å². The van der Waals surface area contributed by atoms with Crippen LogP contribution in [-0.2, 0) is 11.3 Å². The molecule has 0 heterocycles. The summed E-state index contributed by atoms with van der Waals surface area (Å²) in [6, 6.07) is 5.55. The van der Waals surface area contributed by atoms with Crippen LogP contribution in [-0.4, -0.2) is 25.7 Å². The highest BCUT2D eigenvalue weighted by Gasteiger charge is 2.13. The summed E-state index contributed by atoms with van der Waals surface area (Å²) in [6.45, 7) is 5.34. The molecule has 3 N–H and O–H groups in total. The zero-order valence-corrected chi connectivity index (χ0v) is 11.7. The third-order valence-corrected chi connectivity index (χ3v) is 2.72. The lowest BCUT2D eigenvalue weighted by molar-refractivity contribution is -0.124. The number of hydrogen-bond donors (Lipinski definition) is 2. The van der Waals surface area contributed by atoms with Crippen LogP contribution in [0.4, 0.5) is 0 Å². The Kier molecular flexibility index (Phi) is 6.15. The van der Waals surface area contributed by atoms with Crippen molar-refractivity contribution in [2.24, 2.45) is 5.73 Å². The first-order chi connectivity index (χ1) is 9.08. The first-order valence-corrected chi connectivity index (χ1v) is 6.42. The number of nitrogens with one attached hydrogen (secondary N) is 1. The molecule has 0 aliphatic rings. The zero-order valence-electron chi connectivity index (χ0n) is 11.7. The summed E-state index contributed by atoms with van der Waals surface area (Å²) in [6.07, 6.45) is 0.390. The van der Waals surface area contributed by atoms with Crippen LogP contribution >= 0.6 is 0 Å². The number of rotatable bonds is 8. The Balaban J connectivity index is 2.85. The van der Waals surface area contributed by atoms with Gasteiger partial charge < -0.3 is 20.5 Å². The van der Waals surface area contributed by atoms with Crippen LogP contribution < -0.4 is 20.5 Å². The second-order valence-corrected chi connectivity index (χ2v) is 4.31. The van der Waals surface area contributed by atoms with Crippen molar-refractivity contribution in [2.75, 3.05) is 13.7 Å². The average Bonchev–Trinajstić information content (AvgIpc) is 2.40. The van der Waals surface area contributed by atoms with Gasteiger partial charge >= 0.3 is 0 Å². The monoisotopic (exact) mass is 266 g/mol. The van der Waals surface area contributed by atoms with E-state index in [9.17, 15) is 4.79 Å². The van der Waals surface area contributed by atoms with Crippen LogP contribution in [0.3, 0.4) is 0 Å². The lowest BCUT2D eigenvalue weighted by Crippen LogP contribution is -2.31. The van der Waals surface area contributed by atoms with E-state index < -0.39 is 12.0 Å². The maximum Gasteiger partial charge on any atom is 0.258 e. The highest BCUT2D eigenvalue weighted by atomic mass is 16.5. The number of hydrogen-bond acceptors (Lipinski definition) is 4. The molecule has 1 aromatic rings. The van der Waals surface area contributed by atoms with Gasteiger partial charge in [0.05, 0.1) is 7.11 Å². The van der Waals surface area contributed by atoms with E-state index in [0.717, 1.165) is 18.5 Å². The molecule has 5 heteroatoms. The van der Waals surface area contributed by atoms with E-state index in [1.54, 1.807) is 20.1 Å². The van der Waals surface area contributed by atoms with E-state index in [-0.39, 0.29) is 0 Å². The van der Waals surface area contributed by atoms with Crippen LogP contribution in [0, 0.1) is 0 Å². The van der Waals surface area contributed by atoms with E-state index in [1.807, 2.05) is 12.1 Å². The highest BCUT2D eigenvalue weighted by molar-refractivity contribution is 5.78. The minimum Gasteiger partial charge on any atom is -0.497 e. The van der Waals surface area contributed by atoms with Crippen molar-refractivity contribution < 1.29 is 14.3 Å². The van der Waals surface area contributed by atoms with Crippen molar-refractivity contribution in [3.8, 4) is 11.5 Å². The van der Waals surface area contributed by atoms with Crippen molar-refractivity contribution in [3.05, 3.63) is 23.8 Å². The Bertz CT molecular complexity index is 421. The highest BCUT2D eigenvalue weighted by Crippen LogP contribution is 2.25. The summed E-state index contributed by atoms with van der Waals surface area (Å²) in [4.78, 5) is 11.1. The molecule has 0 aliphatic carbocycles. The molecule has 106 valence electrons. The third-order valence-electron chi connectivity index (χ3n) is 2.72. The summed E-state index contributed by atoms with van der Waals surface area (Å²) >= 11 is 0. The molecule has 1 atom stereocenters. The van der Waals surface area contributed by atoms with Gasteiger partial charge in [-0.05, 0) is 26.0 Å². The maximum absolute atomic E-state index is 11.1. The van der Waals surface area contributed by atoms with E-state index in [4.69, 9.17) is 15.2 Å². The summed E-state index contributed by atoms with van der Waals surface area (Å²) < 4.78 is 10.7. The van der Waals surface area contributed by atoms with Gasteiger partial charge in [0.15, 0.2) is 6.10 Å². The molecule has 0 radical (unpaired) electrons. The second-order valence-electron chi connectivity index (χ2n) is 4.31. The average molecular weight is 266 g/mol. The van der Waals surface area contributed by atoms with Crippen LogP contribution in [0.1, 0.15) is 25.8 Å². The Morgan fingerprint density at radius 2 is 2.21 bits per heavy atom. The van der Waals surface area contributed by atoms with Crippen molar-refractivity contribution >= 4 is 5.91 Å². The van der Waals surface area contributed by atoms with Crippen LogP contribution in [0.2, 0.25) is 0 Å². The van der Waals surface area contributed by atoms with E-state index in [2.05, 4.69) is 12.2 Å². The quantitative estimate of drug-likeness (QED) is 0.698. The van der Waals surface area contributed by atoms with Crippen molar-refractivity contribution in [3.63, 3.8) is 0 Å². The van der Waals surface area contributed by atoms with Gasteiger partial charge in [0, 0.05) is 18.2 Å². The number of carbonyl (C=O) groups is 1. The van der Waals surface area contributed by atoms with Gasteiger partial charge in [0.1, 0.15) is 11.5 Å². The van der Waals surface area contributed by atoms with E-state index in [1.165, 1.54) is 0 Å². The number of ether oxygens (including phenoxy) is 2. The lowest BCUT2D eigenvalue weighted by Gasteiger charge is -2.16. The van der Waals surface area contributed by atoms with Crippen molar-refractivity contribution in [1.29, 1.82) is 0 Å². The molecule has 1 rings (SSSR count). The summed E-state index contributed by atoms with van der Waals surface area (Å²) in [7, 11) is 1.59. The summed E-state index contributed by atoms with van der Waals surface area (Å²) in [5, 5.41) is 3.29. The number of carbonyl (C=O) groups excluding carboxylic acids is 1. The Morgan fingerprint density at radius 1 is 1.47 bits per heavy atom. The molecule has 0 aliphatic heterocycles. The largest absolute Gasteiger partial charge is 0.497 e. The first kappa shape index (κ1) is 15.3. The molecular formula is C14H22N2O3. The first-order valence-electron chi connectivity index (χ1n) is 6.42. The predicted octanol–water partition coefficient (Wildman–Crippen LogP) is 1.45. The van der Waals surface area contributed by atoms with Gasteiger partial charge in [-0.2, -0.15) is 0 Å². The maximum atomic E-state index is 11.1. The molecule has 0 spiro atoms. The molecule has 1 aromatic carbocycles. The predicted molar refractivity (Wildman–Crippen MR) is 74.3 cm³/mol. The Labute approximate surface area is 114 Å².